The molecule has 10 atom stereocenters. The van der Waals surface area contributed by atoms with Crippen molar-refractivity contribution >= 4 is 16.1 Å². The van der Waals surface area contributed by atoms with Crippen molar-refractivity contribution in [2.45, 2.75) is 111 Å². The fraction of sp³-hybridized carbons (Fsp3) is 0.933. The SMILES string of the molecule is CO[P+](=O)O[C@@H](CC[C@@H](C)[C@H]1CC[C@H]2[C@@H]3CC=C4C[C@@H](OP(=O)(OC)OC)CC[C@]4(C)[C@H]3CC[C@]12C)C(C)C. The molecule has 0 aromatic rings. The van der Waals surface area contributed by atoms with E-state index in [2.05, 4.69) is 40.7 Å². The minimum Gasteiger partial charge on any atom is -0.290 e. The molecular formula is C30H53O7P2+. The number of rotatable bonds is 12. The molecule has 0 spiro atoms. The summed E-state index contributed by atoms with van der Waals surface area (Å²) in [6, 6.07) is 0. The van der Waals surface area contributed by atoms with Crippen molar-refractivity contribution in [1.82, 2.24) is 0 Å². The normalized spacial score (nSPS) is 38.4. The molecule has 0 aromatic carbocycles. The minimum absolute atomic E-state index is 0.0283. The Morgan fingerprint density at radius 3 is 2.36 bits per heavy atom. The van der Waals surface area contributed by atoms with Gasteiger partial charge in [-0.25, -0.2) is 4.57 Å². The van der Waals surface area contributed by atoms with Gasteiger partial charge in [-0.05, 0) is 111 Å². The van der Waals surface area contributed by atoms with Gasteiger partial charge in [0, 0.05) is 18.8 Å². The third-order valence-electron chi connectivity index (χ3n) is 11.6. The van der Waals surface area contributed by atoms with Crippen LogP contribution in [0.5, 0.6) is 0 Å². The highest BCUT2D eigenvalue weighted by molar-refractivity contribution is 7.48. The Hall–Kier alpha value is -0.130. The number of hydrogen-bond acceptors (Lipinski definition) is 7. The van der Waals surface area contributed by atoms with E-state index < -0.39 is 16.1 Å². The number of phosphoric ester groups is 1. The van der Waals surface area contributed by atoms with Crippen LogP contribution in [0, 0.1) is 46.3 Å². The summed E-state index contributed by atoms with van der Waals surface area (Å²) < 4.78 is 51.1. The van der Waals surface area contributed by atoms with Crippen LogP contribution in [0.3, 0.4) is 0 Å². The molecule has 0 heterocycles. The van der Waals surface area contributed by atoms with E-state index in [0.29, 0.717) is 23.2 Å². The summed E-state index contributed by atoms with van der Waals surface area (Å²) in [4.78, 5) is 0. The molecule has 0 bridgehead atoms. The largest absolute Gasteiger partial charge is 0.697 e. The van der Waals surface area contributed by atoms with E-state index in [4.69, 9.17) is 22.6 Å². The Morgan fingerprint density at radius 2 is 1.72 bits per heavy atom. The van der Waals surface area contributed by atoms with Gasteiger partial charge in [-0.3, -0.25) is 13.6 Å². The van der Waals surface area contributed by atoms with Crippen molar-refractivity contribution in [3.8, 4) is 0 Å². The van der Waals surface area contributed by atoms with Gasteiger partial charge >= 0.3 is 16.1 Å². The first-order valence-corrected chi connectivity index (χ1v) is 17.7. The van der Waals surface area contributed by atoms with Gasteiger partial charge in [-0.2, -0.15) is 0 Å². The van der Waals surface area contributed by atoms with Gasteiger partial charge in [-0.15, -0.1) is 9.05 Å². The number of hydrogen-bond donors (Lipinski definition) is 0. The summed E-state index contributed by atoms with van der Waals surface area (Å²) in [5.41, 5.74) is 2.09. The van der Waals surface area contributed by atoms with Crippen LogP contribution in [0.15, 0.2) is 11.6 Å². The Labute approximate surface area is 238 Å². The van der Waals surface area contributed by atoms with Crippen molar-refractivity contribution in [2.75, 3.05) is 21.3 Å². The van der Waals surface area contributed by atoms with Crippen molar-refractivity contribution in [3.05, 3.63) is 11.6 Å². The first kappa shape index (κ1) is 31.8. The Balaban J connectivity index is 1.42. The van der Waals surface area contributed by atoms with Gasteiger partial charge in [-0.1, -0.05) is 46.3 Å². The minimum atomic E-state index is -3.47. The molecule has 3 saturated carbocycles. The summed E-state index contributed by atoms with van der Waals surface area (Å²) >= 11 is 0. The Kier molecular flexibility index (Phi) is 10.3. The average Bonchev–Trinajstić information content (AvgIpc) is 3.27. The van der Waals surface area contributed by atoms with Crippen molar-refractivity contribution in [2.24, 2.45) is 46.3 Å². The molecule has 3 fully saturated rings. The lowest BCUT2D eigenvalue weighted by molar-refractivity contribution is -0.0579. The van der Waals surface area contributed by atoms with E-state index in [1.165, 1.54) is 52.6 Å². The lowest BCUT2D eigenvalue weighted by Crippen LogP contribution is -2.51. The van der Waals surface area contributed by atoms with Crippen molar-refractivity contribution < 1.29 is 31.7 Å². The van der Waals surface area contributed by atoms with Gasteiger partial charge in [0.15, 0.2) is 0 Å². The predicted molar refractivity (Wildman–Crippen MR) is 154 cm³/mol. The third kappa shape index (κ3) is 6.31. The van der Waals surface area contributed by atoms with Crippen molar-refractivity contribution in [3.63, 3.8) is 0 Å². The molecule has 4 aliphatic carbocycles. The van der Waals surface area contributed by atoms with E-state index in [9.17, 15) is 9.13 Å². The lowest BCUT2D eigenvalue weighted by Gasteiger charge is -2.58. The molecule has 7 nitrogen and oxygen atoms in total. The van der Waals surface area contributed by atoms with Gasteiger partial charge in [0.05, 0.1) is 13.2 Å². The molecule has 0 amide bonds. The summed E-state index contributed by atoms with van der Waals surface area (Å²) in [7, 11) is -1.29. The highest BCUT2D eigenvalue weighted by Gasteiger charge is 2.59. The second-order valence-electron chi connectivity index (χ2n) is 13.6. The van der Waals surface area contributed by atoms with Crippen LogP contribution in [0.4, 0.5) is 0 Å². The van der Waals surface area contributed by atoms with Gasteiger partial charge < -0.3 is 0 Å². The highest BCUT2D eigenvalue weighted by Crippen LogP contribution is 2.68. The van der Waals surface area contributed by atoms with Crippen LogP contribution in [-0.4, -0.2) is 33.5 Å². The number of fused-ring (bicyclic) bond motifs is 5. The standard InChI is InChI=1S/C30H53O7P2/c1-20(2)28(36-38(31)33-6)14-9-21(3)25-12-13-26-24-11-10-22-19-23(37-39(32,34-7)35-8)15-17-29(22,4)27(24)16-18-30(25,26)5/h10,20-21,23-28H,9,11-19H2,1-8H3/q+1/t21-,23+,24+,25-,26+,27+,28+,29+,30-/m1/s1. The number of phosphoric acid groups is 1. The van der Waals surface area contributed by atoms with Crippen LogP contribution >= 0.6 is 16.1 Å². The van der Waals surface area contributed by atoms with E-state index in [-0.39, 0.29) is 17.6 Å². The zero-order chi connectivity index (χ0) is 28.6. The maximum absolute atomic E-state index is 12.6. The summed E-state index contributed by atoms with van der Waals surface area (Å²) in [6.07, 6.45) is 13.6. The smallest absolute Gasteiger partial charge is 0.290 e. The molecule has 0 radical (unpaired) electrons. The zero-order valence-electron chi connectivity index (χ0n) is 25.5. The van der Waals surface area contributed by atoms with Crippen molar-refractivity contribution in [1.29, 1.82) is 0 Å². The van der Waals surface area contributed by atoms with E-state index in [1.54, 1.807) is 0 Å². The van der Waals surface area contributed by atoms with E-state index >= 15 is 0 Å². The number of allylic oxidation sites excluding steroid dienone is 1. The quantitative estimate of drug-likeness (QED) is 0.166. The second-order valence-corrected chi connectivity index (χ2v) is 16.5. The molecule has 0 saturated heterocycles. The van der Waals surface area contributed by atoms with Gasteiger partial charge in [0.1, 0.15) is 6.10 Å². The van der Waals surface area contributed by atoms with Crippen LogP contribution < -0.4 is 0 Å². The molecule has 1 unspecified atom stereocenters. The Bertz CT molecular complexity index is 946. The van der Waals surface area contributed by atoms with Gasteiger partial charge in [0.2, 0.25) is 0 Å². The molecule has 9 heteroatoms. The maximum atomic E-state index is 12.6. The second kappa shape index (κ2) is 12.6. The zero-order valence-corrected chi connectivity index (χ0v) is 27.3. The molecule has 4 aliphatic rings. The summed E-state index contributed by atoms with van der Waals surface area (Å²) in [5, 5.41) is 0. The van der Waals surface area contributed by atoms with Crippen LogP contribution in [0.1, 0.15) is 98.8 Å². The third-order valence-corrected chi connectivity index (χ3v) is 13.8. The van der Waals surface area contributed by atoms with Crippen LogP contribution in [0.25, 0.3) is 0 Å². The predicted octanol–water partition coefficient (Wildman–Crippen LogP) is 9.11. The van der Waals surface area contributed by atoms with E-state index in [0.717, 1.165) is 56.3 Å². The molecule has 0 aromatic heterocycles. The van der Waals surface area contributed by atoms with Crippen LogP contribution in [0.2, 0.25) is 0 Å². The molecule has 0 N–H and O–H groups in total. The molecule has 224 valence electrons. The Morgan fingerprint density at radius 1 is 1.00 bits per heavy atom. The average molecular weight is 588 g/mol. The summed E-state index contributed by atoms with van der Waals surface area (Å²) in [6.45, 7) is 11.8. The first-order chi connectivity index (χ1) is 18.4. The topological polar surface area (TPSA) is 80.3 Å². The molecule has 39 heavy (non-hydrogen) atoms. The monoisotopic (exact) mass is 587 g/mol. The maximum Gasteiger partial charge on any atom is 0.697 e. The molecule has 0 aliphatic heterocycles. The van der Waals surface area contributed by atoms with E-state index in [1.807, 2.05) is 0 Å². The summed E-state index contributed by atoms with van der Waals surface area (Å²) in [5.74, 6) is 3.90. The van der Waals surface area contributed by atoms with Gasteiger partial charge in [0.25, 0.3) is 0 Å². The fourth-order valence-corrected chi connectivity index (χ4v) is 10.8. The molecular weight excluding hydrogens is 534 g/mol. The van der Waals surface area contributed by atoms with Crippen LogP contribution in [-0.2, 0) is 31.7 Å². The highest BCUT2D eigenvalue weighted by atomic mass is 31.2. The molecule has 4 rings (SSSR count). The lowest BCUT2D eigenvalue weighted by atomic mass is 9.47. The fourth-order valence-electron chi connectivity index (χ4n) is 9.33. The first-order valence-electron chi connectivity index (χ1n) is 15.2.